The normalized spacial score (nSPS) is 18.8. The SMILES string of the molecule is CC(C)(C)N=S(C)(=O)O. The summed E-state index contributed by atoms with van der Waals surface area (Å²) in [6.45, 7) is 5.35. The molecule has 0 aromatic rings. The first kappa shape index (κ1) is 8.91. The van der Waals surface area contributed by atoms with Gasteiger partial charge in [0.15, 0.2) is 10.0 Å². The largest absolute Gasteiger partial charge is 0.301 e. The molecule has 0 aliphatic heterocycles. The molecule has 56 valence electrons. The first-order chi connectivity index (χ1) is 3.71. The van der Waals surface area contributed by atoms with Crippen molar-refractivity contribution in [2.75, 3.05) is 6.26 Å². The van der Waals surface area contributed by atoms with E-state index in [0.29, 0.717) is 0 Å². The number of hydrogen-bond acceptors (Lipinski definition) is 2. The predicted octanol–water partition coefficient (Wildman–Crippen LogP) is 1.36. The molecular weight excluding hydrogens is 138 g/mol. The average Bonchev–Trinajstić information content (AvgIpc) is 1.14. The molecule has 1 N–H and O–H groups in total. The molecule has 0 aromatic heterocycles. The Bertz CT molecular complexity index is 187. The lowest BCUT2D eigenvalue weighted by molar-refractivity contribution is 0.526. The smallest absolute Gasteiger partial charge is 0.158 e. The van der Waals surface area contributed by atoms with Crippen LogP contribution in [0.5, 0.6) is 0 Å². The second-order valence-electron chi connectivity index (χ2n) is 3.02. The minimum atomic E-state index is -2.91. The van der Waals surface area contributed by atoms with Gasteiger partial charge in [-0.05, 0) is 20.8 Å². The Kier molecular flexibility index (Phi) is 2.24. The first-order valence-electron chi connectivity index (χ1n) is 2.66. The minimum Gasteiger partial charge on any atom is -0.301 e. The van der Waals surface area contributed by atoms with Crippen molar-refractivity contribution in [1.82, 2.24) is 0 Å². The maximum absolute atomic E-state index is 10.6. The molecule has 0 amide bonds. The molecule has 0 saturated carbocycles. The molecule has 0 rings (SSSR count). The molecule has 0 fully saturated rings. The summed E-state index contributed by atoms with van der Waals surface area (Å²) in [5.74, 6) is 0. The molecular formula is C5H13NO2S. The van der Waals surface area contributed by atoms with Crippen LogP contribution in [0.1, 0.15) is 20.8 Å². The van der Waals surface area contributed by atoms with Crippen LogP contribution in [0.15, 0.2) is 4.36 Å². The fraction of sp³-hybridized carbons (Fsp3) is 1.00. The standard InChI is InChI=1S/C5H13NO2S/c1-5(2,3)6-9(4,7)8/h1-4H3,(H,6,7,8). The van der Waals surface area contributed by atoms with Gasteiger partial charge in [0, 0.05) is 6.26 Å². The van der Waals surface area contributed by atoms with Crippen LogP contribution < -0.4 is 0 Å². The highest BCUT2D eigenvalue weighted by Crippen LogP contribution is 2.08. The summed E-state index contributed by atoms with van der Waals surface area (Å²) >= 11 is 0. The van der Waals surface area contributed by atoms with Gasteiger partial charge < -0.3 is 4.55 Å². The quantitative estimate of drug-likeness (QED) is 0.568. The van der Waals surface area contributed by atoms with E-state index < -0.39 is 15.5 Å². The van der Waals surface area contributed by atoms with Crippen LogP contribution in [0.2, 0.25) is 0 Å². The molecule has 0 bridgehead atoms. The molecule has 0 spiro atoms. The van der Waals surface area contributed by atoms with Crippen LogP contribution >= 0.6 is 0 Å². The van der Waals surface area contributed by atoms with Gasteiger partial charge in [-0.3, -0.25) is 0 Å². The van der Waals surface area contributed by atoms with Gasteiger partial charge in [-0.15, -0.1) is 0 Å². The Labute approximate surface area is 56.5 Å². The van der Waals surface area contributed by atoms with Crippen LogP contribution in [0.4, 0.5) is 0 Å². The monoisotopic (exact) mass is 151 g/mol. The Morgan fingerprint density at radius 1 is 1.44 bits per heavy atom. The van der Waals surface area contributed by atoms with Crippen molar-refractivity contribution in [2.24, 2.45) is 4.36 Å². The zero-order valence-electron chi connectivity index (χ0n) is 6.21. The summed E-state index contributed by atoms with van der Waals surface area (Å²) in [5.41, 5.74) is -0.416. The Balaban J connectivity index is 4.53. The molecule has 0 heterocycles. The van der Waals surface area contributed by atoms with Crippen LogP contribution in [0.3, 0.4) is 0 Å². The van der Waals surface area contributed by atoms with E-state index >= 15 is 0 Å². The van der Waals surface area contributed by atoms with Crippen molar-refractivity contribution in [3.63, 3.8) is 0 Å². The van der Waals surface area contributed by atoms with Gasteiger partial charge in [-0.1, -0.05) is 0 Å². The zero-order chi connectivity index (χ0) is 7.71. The van der Waals surface area contributed by atoms with E-state index in [2.05, 4.69) is 4.36 Å². The second kappa shape index (κ2) is 2.27. The highest BCUT2D eigenvalue weighted by atomic mass is 32.2. The van der Waals surface area contributed by atoms with Crippen molar-refractivity contribution >= 4 is 10.0 Å². The van der Waals surface area contributed by atoms with E-state index in [1.54, 1.807) is 20.8 Å². The maximum atomic E-state index is 10.6. The van der Waals surface area contributed by atoms with E-state index in [4.69, 9.17) is 4.55 Å². The Morgan fingerprint density at radius 3 is 1.78 bits per heavy atom. The van der Waals surface area contributed by atoms with Gasteiger partial charge in [0.1, 0.15) is 0 Å². The highest BCUT2D eigenvalue weighted by molar-refractivity contribution is 7.87. The first-order valence-corrected chi connectivity index (χ1v) is 4.54. The number of nitrogens with zero attached hydrogens (tertiary/aromatic N) is 1. The van der Waals surface area contributed by atoms with Gasteiger partial charge in [0.05, 0.1) is 5.54 Å². The van der Waals surface area contributed by atoms with Gasteiger partial charge >= 0.3 is 0 Å². The molecule has 0 aliphatic carbocycles. The molecule has 9 heavy (non-hydrogen) atoms. The van der Waals surface area contributed by atoms with Crippen LogP contribution in [0, 0.1) is 0 Å². The van der Waals surface area contributed by atoms with Gasteiger partial charge in [0.25, 0.3) is 0 Å². The molecule has 1 unspecified atom stereocenters. The van der Waals surface area contributed by atoms with Crippen molar-refractivity contribution in [3.8, 4) is 0 Å². The van der Waals surface area contributed by atoms with Gasteiger partial charge in [-0.25, -0.2) is 8.57 Å². The summed E-state index contributed by atoms with van der Waals surface area (Å²) < 4.78 is 22.9. The van der Waals surface area contributed by atoms with Crippen molar-refractivity contribution in [3.05, 3.63) is 0 Å². The third kappa shape index (κ3) is 7.91. The molecule has 0 radical (unpaired) electrons. The molecule has 1 atom stereocenters. The molecule has 0 saturated heterocycles. The van der Waals surface area contributed by atoms with Gasteiger partial charge in [-0.2, -0.15) is 0 Å². The average molecular weight is 151 g/mol. The summed E-state index contributed by atoms with van der Waals surface area (Å²) in [5, 5.41) is 0. The van der Waals surface area contributed by atoms with Crippen LogP contribution in [-0.2, 0) is 10.0 Å². The summed E-state index contributed by atoms with van der Waals surface area (Å²) in [6, 6.07) is 0. The molecule has 0 aliphatic rings. The van der Waals surface area contributed by atoms with Crippen molar-refractivity contribution in [2.45, 2.75) is 26.3 Å². The fourth-order valence-electron chi connectivity index (χ4n) is 0.508. The lowest BCUT2D eigenvalue weighted by Crippen LogP contribution is -2.12. The summed E-state index contributed by atoms with van der Waals surface area (Å²) in [4.78, 5) is 0. The molecule has 4 heteroatoms. The van der Waals surface area contributed by atoms with E-state index in [0.717, 1.165) is 0 Å². The predicted molar refractivity (Wildman–Crippen MR) is 38.9 cm³/mol. The zero-order valence-corrected chi connectivity index (χ0v) is 7.03. The van der Waals surface area contributed by atoms with E-state index in [1.807, 2.05) is 0 Å². The van der Waals surface area contributed by atoms with Crippen LogP contribution in [0.25, 0.3) is 0 Å². The lowest BCUT2D eigenvalue weighted by atomic mass is 10.1. The van der Waals surface area contributed by atoms with Crippen LogP contribution in [-0.4, -0.2) is 20.6 Å². The molecule has 3 nitrogen and oxygen atoms in total. The lowest BCUT2D eigenvalue weighted by Gasteiger charge is -2.11. The highest BCUT2D eigenvalue weighted by Gasteiger charge is 2.08. The summed E-state index contributed by atoms with van der Waals surface area (Å²) in [7, 11) is -2.91. The maximum Gasteiger partial charge on any atom is 0.158 e. The number of hydrogen-bond donors (Lipinski definition) is 1. The molecule has 0 aromatic carbocycles. The third-order valence-corrected chi connectivity index (χ3v) is 1.33. The summed E-state index contributed by atoms with van der Waals surface area (Å²) in [6.07, 6.45) is 1.21. The minimum absolute atomic E-state index is 0.416. The second-order valence-corrected chi connectivity index (χ2v) is 4.73. The van der Waals surface area contributed by atoms with Crippen molar-refractivity contribution in [1.29, 1.82) is 0 Å². The Hall–Kier alpha value is -0.0900. The van der Waals surface area contributed by atoms with E-state index in [-0.39, 0.29) is 0 Å². The van der Waals surface area contributed by atoms with E-state index in [9.17, 15) is 4.21 Å². The van der Waals surface area contributed by atoms with Crippen molar-refractivity contribution < 1.29 is 8.76 Å². The fourth-order valence-corrected chi connectivity index (χ4v) is 1.52. The topological polar surface area (TPSA) is 49.7 Å². The van der Waals surface area contributed by atoms with E-state index in [1.165, 1.54) is 6.26 Å². The number of rotatable bonds is 0. The van der Waals surface area contributed by atoms with Gasteiger partial charge in [0.2, 0.25) is 0 Å². The third-order valence-electron chi connectivity index (χ3n) is 0.443. The Morgan fingerprint density at radius 2 is 1.78 bits per heavy atom.